The summed E-state index contributed by atoms with van der Waals surface area (Å²) in [4.78, 5) is 10.3. The average Bonchev–Trinajstić information content (AvgIpc) is 2.50. The van der Waals surface area contributed by atoms with E-state index in [0.29, 0.717) is 17.3 Å². The van der Waals surface area contributed by atoms with E-state index in [1.807, 2.05) is 30.3 Å². The SMILES string of the molecule is Nc1ccc(NC(=S)NCCc2ccccc2)cc1[N+](=O)[O-]. The summed E-state index contributed by atoms with van der Waals surface area (Å²) in [5.74, 6) is 0. The van der Waals surface area contributed by atoms with E-state index in [4.69, 9.17) is 18.0 Å². The van der Waals surface area contributed by atoms with Crippen molar-refractivity contribution in [2.75, 3.05) is 17.6 Å². The molecule has 0 aliphatic carbocycles. The molecule has 0 atom stereocenters. The van der Waals surface area contributed by atoms with Crippen LogP contribution in [0.15, 0.2) is 48.5 Å². The number of nitrogens with two attached hydrogens (primary N) is 1. The summed E-state index contributed by atoms with van der Waals surface area (Å²) in [5, 5.41) is 17.2. The molecule has 0 saturated heterocycles. The minimum atomic E-state index is -0.521. The van der Waals surface area contributed by atoms with Gasteiger partial charge in [0.2, 0.25) is 0 Å². The third-order valence-electron chi connectivity index (χ3n) is 3.03. The minimum absolute atomic E-state index is 0.124. The first-order valence-electron chi connectivity index (χ1n) is 6.69. The summed E-state index contributed by atoms with van der Waals surface area (Å²) in [6.07, 6.45) is 0.838. The van der Waals surface area contributed by atoms with Crippen LogP contribution in [-0.4, -0.2) is 16.6 Å². The van der Waals surface area contributed by atoms with Crippen LogP contribution >= 0.6 is 12.2 Å². The molecule has 0 amide bonds. The van der Waals surface area contributed by atoms with Crippen LogP contribution in [0.25, 0.3) is 0 Å². The topological polar surface area (TPSA) is 93.2 Å². The minimum Gasteiger partial charge on any atom is -0.393 e. The lowest BCUT2D eigenvalue weighted by Gasteiger charge is -2.11. The van der Waals surface area contributed by atoms with Gasteiger partial charge in [0.15, 0.2) is 5.11 Å². The number of benzene rings is 2. The molecule has 0 saturated carbocycles. The van der Waals surface area contributed by atoms with Gasteiger partial charge in [-0.05, 0) is 36.3 Å². The van der Waals surface area contributed by atoms with Crippen LogP contribution in [0.2, 0.25) is 0 Å². The summed E-state index contributed by atoms with van der Waals surface area (Å²) >= 11 is 5.17. The van der Waals surface area contributed by atoms with Crippen LogP contribution in [0.3, 0.4) is 0 Å². The maximum atomic E-state index is 10.8. The molecule has 7 heteroatoms. The highest BCUT2D eigenvalue weighted by molar-refractivity contribution is 7.80. The fraction of sp³-hybridized carbons (Fsp3) is 0.133. The maximum absolute atomic E-state index is 10.8. The van der Waals surface area contributed by atoms with E-state index >= 15 is 0 Å². The van der Waals surface area contributed by atoms with Gasteiger partial charge in [0.25, 0.3) is 5.69 Å². The van der Waals surface area contributed by atoms with Gasteiger partial charge in [0, 0.05) is 18.3 Å². The predicted molar refractivity (Wildman–Crippen MR) is 91.9 cm³/mol. The number of rotatable bonds is 5. The first-order chi connectivity index (χ1) is 10.6. The lowest BCUT2D eigenvalue weighted by molar-refractivity contribution is -0.383. The van der Waals surface area contributed by atoms with Crippen molar-refractivity contribution < 1.29 is 4.92 Å². The Bertz CT molecular complexity index is 676. The van der Waals surface area contributed by atoms with Crippen molar-refractivity contribution in [3.63, 3.8) is 0 Å². The van der Waals surface area contributed by atoms with E-state index in [1.54, 1.807) is 6.07 Å². The molecule has 4 N–H and O–H groups in total. The summed E-state index contributed by atoms with van der Waals surface area (Å²) in [6, 6.07) is 14.5. The van der Waals surface area contributed by atoms with Crippen molar-refractivity contribution in [2.24, 2.45) is 0 Å². The van der Waals surface area contributed by atoms with Gasteiger partial charge in [-0.2, -0.15) is 0 Å². The molecule has 2 rings (SSSR count). The average molecular weight is 316 g/mol. The number of hydrogen-bond acceptors (Lipinski definition) is 4. The summed E-state index contributed by atoms with van der Waals surface area (Å²) < 4.78 is 0. The lowest BCUT2D eigenvalue weighted by Crippen LogP contribution is -2.30. The molecule has 0 aliphatic heterocycles. The van der Waals surface area contributed by atoms with Crippen LogP contribution in [0.1, 0.15) is 5.56 Å². The number of hydrogen-bond donors (Lipinski definition) is 3. The first kappa shape index (κ1) is 15.7. The number of nitrogen functional groups attached to an aromatic ring is 1. The Labute approximate surface area is 133 Å². The first-order valence-corrected chi connectivity index (χ1v) is 7.10. The van der Waals surface area contributed by atoms with Crippen LogP contribution in [-0.2, 0) is 6.42 Å². The molecule has 0 bridgehead atoms. The van der Waals surface area contributed by atoms with Crippen molar-refractivity contribution in [2.45, 2.75) is 6.42 Å². The molecule has 0 heterocycles. The molecule has 2 aromatic carbocycles. The van der Waals surface area contributed by atoms with Gasteiger partial charge in [-0.15, -0.1) is 0 Å². The Balaban J connectivity index is 1.87. The number of thiocarbonyl (C=S) groups is 1. The largest absolute Gasteiger partial charge is 0.393 e. The molecule has 6 nitrogen and oxygen atoms in total. The van der Waals surface area contributed by atoms with Crippen molar-refractivity contribution in [3.05, 3.63) is 64.2 Å². The third kappa shape index (κ3) is 4.42. The van der Waals surface area contributed by atoms with Gasteiger partial charge < -0.3 is 16.4 Å². The Morgan fingerprint density at radius 1 is 1.23 bits per heavy atom. The normalized spacial score (nSPS) is 10.0. The highest BCUT2D eigenvalue weighted by Crippen LogP contribution is 2.24. The second-order valence-corrected chi connectivity index (χ2v) is 5.06. The van der Waals surface area contributed by atoms with Gasteiger partial charge in [-0.1, -0.05) is 30.3 Å². The molecule has 114 valence electrons. The Morgan fingerprint density at radius 3 is 2.64 bits per heavy atom. The van der Waals surface area contributed by atoms with Crippen LogP contribution < -0.4 is 16.4 Å². The quantitative estimate of drug-likeness (QED) is 0.340. The van der Waals surface area contributed by atoms with Gasteiger partial charge in [-0.25, -0.2) is 0 Å². The number of nitro groups is 1. The lowest BCUT2D eigenvalue weighted by atomic mass is 10.1. The van der Waals surface area contributed by atoms with Crippen molar-refractivity contribution in [1.29, 1.82) is 0 Å². The van der Waals surface area contributed by atoms with Gasteiger partial charge in [0.05, 0.1) is 4.92 Å². The van der Waals surface area contributed by atoms with E-state index in [-0.39, 0.29) is 11.4 Å². The highest BCUT2D eigenvalue weighted by Gasteiger charge is 2.12. The molecule has 0 fully saturated rings. The van der Waals surface area contributed by atoms with E-state index in [0.717, 1.165) is 6.42 Å². The van der Waals surface area contributed by atoms with Gasteiger partial charge in [-0.3, -0.25) is 10.1 Å². The molecule has 2 aromatic rings. The second-order valence-electron chi connectivity index (χ2n) is 4.65. The molecule has 22 heavy (non-hydrogen) atoms. The van der Waals surface area contributed by atoms with E-state index < -0.39 is 4.92 Å². The predicted octanol–water partition coefficient (Wildman–Crippen LogP) is 2.71. The zero-order chi connectivity index (χ0) is 15.9. The van der Waals surface area contributed by atoms with Gasteiger partial charge in [0.1, 0.15) is 5.69 Å². The maximum Gasteiger partial charge on any atom is 0.294 e. The molecule has 0 aliphatic rings. The highest BCUT2D eigenvalue weighted by atomic mass is 32.1. The zero-order valence-corrected chi connectivity index (χ0v) is 12.6. The zero-order valence-electron chi connectivity index (χ0n) is 11.8. The van der Waals surface area contributed by atoms with Crippen molar-refractivity contribution >= 4 is 34.4 Å². The van der Waals surface area contributed by atoms with Crippen LogP contribution in [0.4, 0.5) is 17.1 Å². The fourth-order valence-electron chi connectivity index (χ4n) is 1.92. The standard InChI is InChI=1S/C15H16N4O2S/c16-13-7-6-12(10-14(13)19(20)21)18-15(22)17-9-8-11-4-2-1-3-5-11/h1-7,10H,8-9,16H2,(H2,17,18,22). The smallest absolute Gasteiger partial charge is 0.294 e. The Hall–Kier alpha value is -2.67. The number of nitrogens with one attached hydrogen (secondary N) is 2. The third-order valence-corrected chi connectivity index (χ3v) is 3.27. The fourth-order valence-corrected chi connectivity index (χ4v) is 2.14. The van der Waals surface area contributed by atoms with E-state index in [2.05, 4.69) is 10.6 Å². The number of anilines is 2. The summed E-state index contributed by atoms with van der Waals surface area (Å²) in [5.41, 5.74) is 7.27. The molecule has 0 radical (unpaired) electrons. The van der Waals surface area contributed by atoms with Crippen LogP contribution in [0, 0.1) is 10.1 Å². The molecule has 0 spiro atoms. The number of nitrogens with zero attached hydrogens (tertiary/aromatic N) is 1. The molecule has 0 unspecified atom stereocenters. The van der Waals surface area contributed by atoms with Crippen molar-refractivity contribution in [3.8, 4) is 0 Å². The van der Waals surface area contributed by atoms with E-state index in [9.17, 15) is 10.1 Å². The molecule has 0 aromatic heterocycles. The monoisotopic (exact) mass is 316 g/mol. The molecular weight excluding hydrogens is 300 g/mol. The van der Waals surface area contributed by atoms with Crippen LogP contribution in [0.5, 0.6) is 0 Å². The van der Waals surface area contributed by atoms with E-state index in [1.165, 1.54) is 17.7 Å². The van der Waals surface area contributed by atoms with Gasteiger partial charge >= 0.3 is 0 Å². The Morgan fingerprint density at radius 2 is 1.95 bits per heavy atom. The van der Waals surface area contributed by atoms with Crippen molar-refractivity contribution in [1.82, 2.24) is 5.32 Å². The Kier molecular flexibility index (Phi) is 5.26. The second kappa shape index (κ2) is 7.37. The molecular formula is C15H16N4O2S. The summed E-state index contributed by atoms with van der Waals surface area (Å²) in [7, 11) is 0. The number of nitro benzene ring substituents is 1. The summed E-state index contributed by atoms with van der Waals surface area (Å²) in [6.45, 7) is 0.674.